The first-order valence-electron chi connectivity index (χ1n) is 8.05. The van der Waals surface area contributed by atoms with Crippen LogP contribution in [0, 0.1) is 12.8 Å². The van der Waals surface area contributed by atoms with Crippen molar-refractivity contribution in [2.24, 2.45) is 5.92 Å². The van der Waals surface area contributed by atoms with E-state index in [4.69, 9.17) is 4.74 Å². The number of hydrogen-bond donors (Lipinski definition) is 1. The molecule has 0 aromatic heterocycles. The maximum atomic E-state index is 5.63. The van der Waals surface area contributed by atoms with Crippen LogP contribution in [0.25, 0.3) is 0 Å². The van der Waals surface area contributed by atoms with Crippen molar-refractivity contribution in [3.05, 3.63) is 69.7 Å². The van der Waals surface area contributed by atoms with Gasteiger partial charge < -0.3 is 10.1 Å². The van der Waals surface area contributed by atoms with Gasteiger partial charge in [0.05, 0.1) is 18.8 Å². The Morgan fingerprint density at radius 2 is 2.09 bits per heavy atom. The van der Waals surface area contributed by atoms with Crippen LogP contribution in [0.3, 0.4) is 0 Å². The molecule has 3 atom stereocenters. The van der Waals surface area contributed by atoms with E-state index in [1.165, 1.54) is 16.7 Å². The average Bonchev–Trinajstić information content (AvgIpc) is 3.03. The minimum atomic E-state index is 0.302. The summed E-state index contributed by atoms with van der Waals surface area (Å²) in [4.78, 5) is 0. The molecule has 1 aliphatic carbocycles. The molecular formula is C20H20BrNO. The van der Waals surface area contributed by atoms with Crippen LogP contribution in [0.4, 0.5) is 5.69 Å². The van der Waals surface area contributed by atoms with Crippen LogP contribution >= 0.6 is 15.9 Å². The zero-order chi connectivity index (χ0) is 16.0. The predicted molar refractivity (Wildman–Crippen MR) is 98.2 cm³/mol. The maximum Gasteiger partial charge on any atom is 0.142 e. The summed E-state index contributed by atoms with van der Waals surface area (Å²) in [6.45, 7) is 2.20. The van der Waals surface area contributed by atoms with Gasteiger partial charge in [-0.2, -0.15) is 0 Å². The molecule has 0 spiro atoms. The largest absolute Gasteiger partial charge is 0.495 e. The Morgan fingerprint density at radius 1 is 1.22 bits per heavy atom. The zero-order valence-corrected chi connectivity index (χ0v) is 14.9. The highest BCUT2D eigenvalue weighted by molar-refractivity contribution is 9.10. The third-order valence-electron chi connectivity index (χ3n) is 5.13. The average molecular weight is 370 g/mol. The fourth-order valence-corrected chi connectivity index (χ4v) is 4.49. The SMILES string of the molecule is COc1ccc(C)c2c1N[C@H](c1cccc(Br)c1)[C@@H]1CC=C[C@@H]21. The second-order valence-electron chi connectivity index (χ2n) is 6.40. The standard InChI is InChI=1S/C20H20BrNO/c1-12-9-10-17(23-2)20-18(12)15-7-4-8-16(15)19(22-20)13-5-3-6-14(21)11-13/h3-7,9-11,15-16,19,22H,8H2,1-2H3/t15-,16-,19-/m1/s1. The van der Waals surface area contributed by atoms with Crippen molar-refractivity contribution in [3.8, 4) is 5.75 Å². The van der Waals surface area contributed by atoms with E-state index in [2.05, 4.69) is 76.7 Å². The molecule has 0 fully saturated rings. The molecule has 0 radical (unpaired) electrons. The highest BCUT2D eigenvalue weighted by Crippen LogP contribution is 2.53. The topological polar surface area (TPSA) is 21.3 Å². The number of fused-ring (bicyclic) bond motifs is 3. The first kappa shape index (κ1) is 14.8. The molecule has 3 heteroatoms. The lowest BCUT2D eigenvalue weighted by atomic mass is 9.75. The number of hydrogen-bond acceptors (Lipinski definition) is 2. The zero-order valence-electron chi connectivity index (χ0n) is 13.3. The minimum Gasteiger partial charge on any atom is -0.495 e. The van der Waals surface area contributed by atoms with Crippen molar-refractivity contribution in [1.82, 2.24) is 0 Å². The molecule has 2 aromatic carbocycles. The first-order chi connectivity index (χ1) is 11.2. The van der Waals surface area contributed by atoms with Gasteiger partial charge in [0, 0.05) is 10.4 Å². The van der Waals surface area contributed by atoms with Gasteiger partial charge >= 0.3 is 0 Å². The predicted octanol–water partition coefficient (Wildman–Crippen LogP) is 5.59. The number of benzene rings is 2. The smallest absolute Gasteiger partial charge is 0.142 e. The monoisotopic (exact) mass is 369 g/mol. The van der Waals surface area contributed by atoms with Crippen molar-refractivity contribution in [2.75, 3.05) is 12.4 Å². The summed E-state index contributed by atoms with van der Waals surface area (Å²) in [6, 6.07) is 13.2. The van der Waals surface area contributed by atoms with Gasteiger partial charge in [-0.3, -0.25) is 0 Å². The first-order valence-corrected chi connectivity index (χ1v) is 8.84. The lowest BCUT2D eigenvalue weighted by Crippen LogP contribution is -2.30. The van der Waals surface area contributed by atoms with Gasteiger partial charge in [0.25, 0.3) is 0 Å². The molecule has 0 saturated heterocycles. The van der Waals surface area contributed by atoms with Gasteiger partial charge in [0.1, 0.15) is 5.75 Å². The number of methoxy groups -OCH3 is 1. The van der Waals surface area contributed by atoms with E-state index in [0.717, 1.165) is 22.3 Å². The number of halogens is 1. The Balaban J connectivity index is 1.86. The normalized spacial score (nSPS) is 24.7. The summed E-state index contributed by atoms with van der Waals surface area (Å²) in [7, 11) is 1.75. The Hall–Kier alpha value is -1.74. The van der Waals surface area contributed by atoms with Crippen LogP contribution in [0.2, 0.25) is 0 Å². The van der Waals surface area contributed by atoms with Gasteiger partial charge in [-0.25, -0.2) is 0 Å². The van der Waals surface area contributed by atoms with Crippen LogP contribution < -0.4 is 10.1 Å². The maximum absolute atomic E-state index is 5.63. The van der Waals surface area contributed by atoms with Gasteiger partial charge in [-0.1, -0.05) is 46.3 Å². The molecule has 118 valence electrons. The van der Waals surface area contributed by atoms with Crippen LogP contribution in [-0.2, 0) is 0 Å². The number of rotatable bonds is 2. The number of anilines is 1. The third-order valence-corrected chi connectivity index (χ3v) is 5.62. The second kappa shape index (κ2) is 5.72. The molecule has 0 amide bonds. The van der Waals surface area contributed by atoms with Crippen molar-refractivity contribution in [1.29, 1.82) is 0 Å². The molecular weight excluding hydrogens is 350 g/mol. The molecule has 0 bridgehead atoms. The fraction of sp³-hybridized carbons (Fsp3) is 0.300. The van der Waals surface area contributed by atoms with E-state index in [1.807, 2.05) is 0 Å². The number of aryl methyl sites for hydroxylation is 1. The van der Waals surface area contributed by atoms with Crippen molar-refractivity contribution < 1.29 is 4.74 Å². The molecule has 4 rings (SSSR count). The lowest BCUT2D eigenvalue weighted by molar-refractivity contribution is 0.396. The van der Waals surface area contributed by atoms with Gasteiger partial charge in [0.2, 0.25) is 0 Å². The number of ether oxygens (including phenoxy) is 1. The Labute approximate surface area is 145 Å². The molecule has 23 heavy (non-hydrogen) atoms. The quantitative estimate of drug-likeness (QED) is 0.696. The number of nitrogens with one attached hydrogen (secondary N) is 1. The summed E-state index contributed by atoms with van der Waals surface area (Å²) in [5, 5.41) is 3.79. The van der Waals surface area contributed by atoms with Crippen LogP contribution in [0.5, 0.6) is 5.75 Å². The molecule has 0 saturated carbocycles. The summed E-state index contributed by atoms with van der Waals surface area (Å²) < 4.78 is 6.75. The molecule has 2 aromatic rings. The van der Waals surface area contributed by atoms with Crippen LogP contribution in [0.1, 0.15) is 35.1 Å². The van der Waals surface area contributed by atoms with E-state index in [1.54, 1.807) is 7.11 Å². The van der Waals surface area contributed by atoms with E-state index >= 15 is 0 Å². The number of allylic oxidation sites excluding steroid dienone is 2. The van der Waals surface area contributed by atoms with Crippen molar-refractivity contribution in [3.63, 3.8) is 0 Å². The van der Waals surface area contributed by atoms with E-state index < -0.39 is 0 Å². The Morgan fingerprint density at radius 3 is 2.87 bits per heavy atom. The molecule has 1 N–H and O–H groups in total. The van der Waals surface area contributed by atoms with E-state index in [9.17, 15) is 0 Å². The molecule has 2 aliphatic rings. The van der Waals surface area contributed by atoms with Gasteiger partial charge in [0.15, 0.2) is 0 Å². The van der Waals surface area contributed by atoms with Gasteiger partial charge in [-0.05, 0) is 54.2 Å². The molecule has 1 aliphatic heterocycles. The highest BCUT2D eigenvalue weighted by atomic mass is 79.9. The summed E-state index contributed by atoms with van der Waals surface area (Å²) in [5.74, 6) is 1.96. The van der Waals surface area contributed by atoms with E-state index in [-0.39, 0.29) is 0 Å². The van der Waals surface area contributed by atoms with Crippen LogP contribution in [-0.4, -0.2) is 7.11 Å². The Kier molecular flexibility index (Phi) is 3.68. The van der Waals surface area contributed by atoms with Crippen molar-refractivity contribution >= 4 is 21.6 Å². The third kappa shape index (κ3) is 2.38. The summed E-state index contributed by atoms with van der Waals surface area (Å²) in [6.07, 6.45) is 5.82. The van der Waals surface area contributed by atoms with Gasteiger partial charge in [-0.15, -0.1) is 0 Å². The summed E-state index contributed by atoms with van der Waals surface area (Å²) >= 11 is 3.60. The minimum absolute atomic E-state index is 0.302. The summed E-state index contributed by atoms with van der Waals surface area (Å²) in [5.41, 5.74) is 5.22. The highest BCUT2D eigenvalue weighted by Gasteiger charge is 2.39. The van der Waals surface area contributed by atoms with Crippen LogP contribution in [0.15, 0.2) is 53.0 Å². The lowest BCUT2D eigenvalue weighted by Gasteiger charge is -2.39. The van der Waals surface area contributed by atoms with E-state index in [0.29, 0.717) is 17.9 Å². The second-order valence-corrected chi connectivity index (χ2v) is 7.32. The Bertz CT molecular complexity index is 783. The molecule has 2 nitrogen and oxygen atoms in total. The van der Waals surface area contributed by atoms with Crippen molar-refractivity contribution in [2.45, 2.75) is 25.3 Å². The molecule has 0 unspecified atom stereocenters. The fourth-order valence-electron chi connectivity index (χ4n) is 4.07. The molecule has 1 heterocycles.